The van der Waals surface area contributed by atoms with E-state index in [1.54, 1.807) is 17.0 Å². The fraction of sp³-hybridized carbons (Fsp3) is 0.385. The van der Waals surface area contributed by atoms with Crippen LogP contribution in [0.4, 0.5) is 5.95 Å². The predicted octanol–water partition coefficient (Wildman–Crippen LogP) is 6.61. The van der Waals surface area contributed by atoms with Crippen LogP contribution >= 0.6 is 0 Å². The van der Waals surface area contributed by atoms with Crippen LogP contribution in [-0.2, 0) is 14.8 Å². The number of ether oxygens (including phenoxy) is 1. The molecule has 2 aliphatic heterocycles. The number of rotatable bonds is 5. The molecular formula is C39H45N5O5S. The van der Waals surface area contributed by atoms with Crippen molar-refractivity contribution in [1.29, 1.82) is 0 Å². The third-order valence-corrected chi connectivity index (χ3v) is 10.7. The molecule has 262 valence electrons. The summed E-state index contributed by atoms with van der Waals surface area (Å²) in [7, 11) is -4.21. The Morgan fingerprint density at radius 3 is 2.40 bits per heavy atom. The summed E-state index contributed by atoms with van der Waals surface area (Å²) in [4.78, 5) is 41.0. The Labute approximate surface area is 295 Å². The maximum absolute atomic E-state index is 14.5. The Hall–Kier alpha value is -4.77. The standard InChI is InChI=1S/C39H45N5O5S/c1-26-12-9-13-27(2)36(26)33-21-34-41-38(40-33)42-50(47,48)32-18-10-16-29(20-32)37(46)44(31(25-49-34)22-39(3,4)5)24-35(45)43-19-11-17-30(23-43)28-14-7-6-8-15-28/h6-10,12-16,18,20-21,30-31H,11,17,19,22-25H2,1-5H3,(H,40,41,42)/t30-,31+/m0/s1. The van der Waals surface area contributed by atoms with Gasteiger partial charge in [-0.05, 0) is 73.4 Å². The van der Waals surface area contributed by atoms with Gasteiger partial charge in [0.15, 0.2) is 0 Å². The first-order valence-electron chi connectivity index (χ1n) is 17.1. The Bertz CT molecular complexity index is 1970. The number of hydrogen-bond donors (Lipinski definition) is 1. The fourth-order valence-electron chi connectivity index (χ4n) is 6.99. The lowest BCUT2D eigenvalue weighted by atomic mass is 9.87. The number of nitrogens with zero attached hydrogens (tertiary/aromatic N) is 4. The number of anilines is 1. The molecule has 6 rings (SSSR count). The zero-order chi connectivity index (χ0) is 35.6. The van der Waals surface area contributed by atoms with Crippen LogP contribution in [0.15, 0.2) is 83.8 Å². The van der Waals surface area contributed by atoms with E-state index < -0.39 is 22.0 Å². The first-order valence-corrected chi connectivity index (χ1v) is 18.6. The Balaban J connectivity index is 1.41. The van der Waals surface area contributed by atoms with E-state index >= 15 is 0 Å². The van der Waals surface area contributed by atoms with Gasteiger partial charge in [-0.3, -0.25) is 9.59 Å². The molecule has 0 spiro atoms. The molecule has 1 N–H and O–H groups in total. The van der Waals surface area contributed by atoms with Gasteiger partial charge in [0.1, 0.15) is 13.2 Å². The third-order valence-electron chi connectivity index (χ3n) is 9.38. The number of aromatic nitrogens is 2. The molecule has 11 heteroatoms. The first kappa shape index (κ1) is 35.1. The number of fused-ring (bicyclic) bond motifs is 4. The minimum atomic E-state index is -4.21. The second-order valence-corrected chi connectivity index (χ2v) is 16.2. The highest BCUT2D eigenvalue weighted by Gasteiger charge is 2.34. The largest absolute Gasteiger partial charge is 0.475 e. The Morgan fingerprint density at radius 2 is 1.68 bits per heavy atom. The van der Waals surface area contributed by atoms with Crippen LogP contribution in [0.5, 0.6) is 5.88 Å². The van der Waals surface area contributed by atoms with E-state index in [0.29, 0.717) is 25.2 Å². The number of carbonyl (C=O) groups is 2. The van der Waals surface area contributed by atoms with Crippen molar-refractivity contribution in [2.45, 2.75) is 70.7 Å². The van der Waals surface area contributed by atoms with Gasteiger partial charge in [-0.25, -0.2) is 18.1 Å². The molecule has 0 radical (unpaired) electrons. The summed E-state index contributed by atoms with van der Waals surface area (Å²) in [6.07, 6.45) is 2.35. The van der Waals surface area contributed by atoms with Gasteiger partial charge in [-0.15, -0.1) is 0 Å². The highest BCUT2D eigenvalue weighted by Crippen LogP contribution is 2.32. The molecule has 3 heterocycles. The van der Waals surface area contributed by atoms with Crippen LogP contribution in [0.2, 0.25) is 0 Å². The van der Waals surface area contributed by atoms with Gasteiger partial charge in [-0.2, -0.15) is 4.98 Å². The lowest BCUT2D eigenvalue weighted by Crippen LogP contribution is -2.52. The van der Waals surface area contributed by atoms with E-state index in [-0.39, 0.29) is 52.7 Å². The molecule has 10 nitrogen and oxygen atoms in total. The van der Waals surface area contributed by atoms with E-state index in [9.17, 15) is 18.0 Å². The first-order chi connectivity index (χ1) is 23.8. The average molecular weight is 696 g/mol. The lowest BCUT2D eigenvalue weighted by Gasteiger charge is -2.38. The number of sulfonamides is 1. The number of carbonyl (C=O) groups excluding carboxylic acids is 2. The number of piperidine rings is 1. The molecule has 2 aliphatic rings. The van der Waals surface area contributed by atoms with Crippen LogP contribution < -0.4 is 9.46 Å². The summed E-state index contributed by atoms with van der Waals surface area (Å²) in [6.45, 7) is 11.2. The molecule has 4 aromatic rings. The molecule has 1 saturated heterocycles. The molecule has 1 aromatic heterocycles. The van der Waals surface area contributed by atoms with Crippen molar-refractivity contribution in [2.75, 3.05) is 31.0 Å². The third kappa shape index (κ3) is 7.99. The molecule has 2 amide bonds. The normalized spacial score (nSPS) is 19.3. The summed E-state index contributed by atoms with van der Waals surface area (Å²) in [5, 5.41) is 0. The maximum Gasteiger partial charge on any atom is 0.264 e. The van der Waals surface area contributed by atoms with Crippen molar-refractivity contribution in [3.8, 4) is 17.1 Å². The Morgan fingerprint density at radius 1 is 0.960 bits per heavy atom. The van der Waals surface area contributed by atoms with E-state index in [4.69, 9.17) is 4.74 Å². The summed E-state index contributed by atoms with van der Waals surface area (Å²) in [6, 6.07) is 23.1. The van der Waals surface area contributed by atoms with Crippen LogP contribution in [0.3, 0.4) is 0 Å². The summed E-state index contributed by atoms with van der Waals surface area (Å²) in [5.41, 5.74) is 4.36. The van der Waals surface area contributed by atoms with Gasteiger partial charge >= 0.3 is 0 Å². The van der Waals surface area contributed by atoms with E-state index in [0.717, 1.165) is 29.5 Å². The number of likely N-dealkylation sites (tertiary alicyclic amines) is 1. The quantitative estimate of drug-likeness (QED) is 0.250. The SMILES string of the molecule is Cc1cccc(C)c1-c1cc2nc(n1)NS(=O)(=O)c1cccc(c1)C(=O)N(CC(=O)N1CCC[C@H](c3ccccc3)C1)[C@H](CC(C)(C)C)CO2. The molecule has 2 atom stereocenters. The topological polar surface area (TPSA) is 122 Å². The number of aryl methyl sites for hydroxylation is 2. The van der Waals surface area contributed by atoms with Gasteiger partial charge in [0, 0.05) is 36.2 Å². The maximum atomic E-state index is 14.5. The molecule has 3 aromatic carbocycles. The molecule has 4 bridgehead atoms. The van der Waals surface area contributed by atoms with Gasteiger partial charge in [0.05, 0.1) is 16.6 Å². The minimum Gasteiger partial charge on any atom is -0.475 e. The highest BCUT2D eigenvalue weighted by atomic mass is 32.2. The fourth-order valence-corrected chi connectivity index (χ4v) is 7.98. The van der Waals surface area contributed by atoms with Crippen LogP contribution in [0, 0.1) is 19.3 Å². The van der Waals surface area contributed by atoms with Gasteiger partial charge < -0.3 is 14.5 Å². The lowest BCUT2D eigenvalue weighted by molar-refractivity contribution is -0.133. The average Bonchev–Trinajstić information content (AvgIpc) is 3.08. The van der Waals surface area contributed by atoms with E-state index in [2.05, 4.69) is 47.6 Å². The zero-order valence-electron chi connectivity index (χ0n) is 29.3. The summed E-state index contributed by atoms with van der Waals surface area (Å²) in [5.74, 6) is -0.387. The van der Waals surface area contributed by atoms with Crippen molar-refractivity contribution in [1.82, 2.24) is 19.8 Å². The van der Waals surface area contributed by atoms with Crippen molar-refractivity contribution in [3.63, 3.8) is 0 Å². The van der Waals surface area contributed by atoms with Crippen LogP contribution in [-0.4, -0.2) is 72.3 Å². The van der Waals surface area contributed by atoms with Gasteiger partial charge in [0.25, 0.3) is 15.9 Å². The van der Waals surface area contributed by atoms with Crippen molar-refractivity contribution < 1.29 is 22.7 Å². The summed E-state index contributed by atoms with van der Waals surface area (Å²) >= 11 is 0. The zero-order valence-corrected chi connectivity index (χ0v) is 30.2. The highest BCUT2D eigenvalue weighted by molar-refractivity contribution is 7.92. The number of amides is 2. The monoisotopic (exact) mass is 695 g/mol. The number of hydrogen-bond acceptors (Lipinski definition) is 7. The predicted molar refractivity (Wildman–Crippen MR) is 194 cm³/mol. The Kier molecular flexibility index (Phi) is 9.98. The van der Waals surface area contributed by atoms with Gasteiger partial charge in [-0.1, -0.05) is 75.4 Å². The van der Waals surface area contributed by atoms with E-state index in [1.165, 1.54) is 23.8 Å². The number of benzene rings is 3. The van der Waals surface area contributed by atoms with Crippen molar-refractivity contribution in [3.05, 3.63) is 101 Å². The van der Waals surface area contributed by atoms with Crippen molar-refractivity contribution in [2.24, 2.45) is 5.41 Å². The molecule has 0 unspecified atom stereocenters. The molecule has 50 heavy (non-hydrogen) atoms. The van der Waals surface area contributed by atoms with Crippen LogP contribution in [0.1, 0.15) is 73.0 Å². The van der Waals surface area contributed by atoms with E-state index in [1.807, 2.05) is 55.1 Å². The molecule has 0 saturated carbocycles. The minimum absolute atomic E-state index is 0.0258. The van der Waals surface area contributed by atoms with Gasteiger partial charge in [0.2, 0.25) is 17.7 Å². The molecule has 0 aliphatic carbocycles. The van der Waals surface area contributed by atoms with Crippen molar-refractivity contribution >= 4 is 27.8 Å². The second-order valence-electron chi connectivity index (χ2n) is 14.6. The second kappa shape index (κ2) is 14.2. The van der Waals surface area contributed by atoms with Crippen LogP contribution in [0.25, 0.3) is 11.3 Å². The number of nitrogens with one attached hydrogen (secondary N) is 1. The molecule has 1 fully saturated rings. The molecular weight excluding hydrogens is 651 g/mol. The summed E-state index contributed by atoms with van der Waals surface area (Å²) < 4.78 is 36.3. The smallest absolute Gasteiger partial charge is 0.264 e.